The SMILES string of the molecule is CS(=O)(=O)O.OCCOCCOCCOC(c1ccccc1)(c1ccccc1)c1ccccc1. The first-order valence-electron chi connectivity index (χ1n) is 10.9. The van der Waals surface area contributed by atoms with Gasteiger partial charge in [0.1, 0.15) is 5.60 Å². The van der Waals surface area contributed by atoms with E-state index in [2.05, 4.69) is 36.4 Å². The molecule has 0 fully saturated rings. The molecule has 0 aliphatic rings. The zero-order valence-electron chi connectivity index (χ0n) is 19.2. The van der Waals surface area contributed by atoms with Crippen molar-refractivity contribution in [1.82, 2.24) is 0 Å². The second kappa shape index (κ2) is 14.6. The first-order chi connectivity index (χ1) is 16.4. The van der Waals surface area contributed by atoms with Crippen molar-refractivity contribution in [2.45, 2.75) is 5.60 Å². The quantitative estimate of drug-likeness (QED) is 0.228. The monoisotopic (exact) mass is 488 g/mol. The maximum atomic E-state index is 9.19. The molecular weight excluding hydrogens is 456 g/mol. The van der Waals surface area contributed by atoms with E-state index in [1.165, 1.54) is 0 Å². The lowest BCUT2D eigenvalue weighted by atomic mass is 9.80. The molecule has 0 aliphatic heterocycles. The van der Waals surface area contributed by atoms with Crippen LogP contribution in [-0.4, -0.2) is 64.0 Å². The second-order valence-corrected chi connectivity index (χ2v) is 8.78. The van der Waals surface area contributed by atoms with Crippen LogP contribution in [0.4, 0.5) is 0 Å². The van der Waals surface area contributed by atoms with Gasteiger partial charge in [-0.15, -0.1) is 0 Å². The van der Waals surface area contributed by atoms with Crippen molar-refractivity contribution in [3.8, 4) is 0 Å². The van der Waals surface area contributed by atoms with E-state index in [9.17, 15) is 8.42 Å². The van der Waals surface area contributed by atoms with Gasteiger partial charge in [0.15, 0.2) is 0 Å². The van der Waals surface area contributed by atoms with Gasteiger partial charge in [-0.2, -0.15) is 8.42 Å². The van der Waals surface area contributed by atoms with E-state index < -0.39 is 15.7 Å². The van der Waals surface area contributed by atoms with Crippen LogP contribution in [0.5, 0.6) is 0 Å². The average molecular weight is 489 g/mol. The molecule has 3 aromatic carbocycles. The number of hydrogen-bond acceptors (Lipinski definition) is 6. The number of aliphatic hydroxyl groups excluding tert-OH is 1. The van der Waals surface area contributed by atoms with Crippen molar-refractivity contribution in [1.29, 1.82) is 0 Å². The number of aliphatic hydroxyl groups is 1. The Balaban J connectivity index is 0.000000739. The van der Waals surface area contributed by atoms with E-state index in [0.717, 1.165) is 16.7 Å². The summed E-state index contributed by atoms with van der Waals surface area (Å²) >= 11 is 0. The largest absolute Gasteiger partial charge is 0.394 e. The van der Waals surface area contributed by atoms with Crippen LogP contribution in [0.3, 0.4) is 0 Å². The summed E-state index contributed by atoms with van der Waals surface area (Å²) in [7, 11) is -3.67. The van der Waals surface area contributed by atoms with Crippen molar-refractivity contribution in [3.05, 3.63) is 108 Å². The molecule has 3 aromatic rings. The van der Waals surface area contributed by atoms with Gasteiger partial charge in [0, 0.05) is 0 Å². The maximum Gasteiger partial charge on any atom is 0.261 e. The smallest absolute Gasteiger partial charge is 0.261 e. The lowest BCUT2D eigenvalue weighted by molar-refractivity contribution is -0.0348. The van der Waals surface area contributed by atoms with Crippen molar-refractivity contribution in [3.63, 3.8) is 0 Å². The number of benzene rings is 3. The summed E-state index contributed by atoms with van der Waals surface area (Å²) < 4.78 is 43.4. The highest BCUT2D eigenvalue weighted by atomic mass is 32.2. The molecule has 2 N–H and O–H groups in total. The highest BCUT2D eigenvalue weighted by Crippen LogP contribution is 2.40. The molecule has 0 bridgehead atoms. The summed E-state index contributed by atoms with van der Waals surface area (Å²) in [5, 5.41) is 8.74. The highest BCUT2D eigenvalue weighted by molar-refractivity contribution is 7.85. The topological polar surface area (TPSA) is 102 Å². The van der Waals surface area contributed by atoms with Crippen LogP contribution in [0.15, 0.2) is 91.0 Å². The minimum absolute atomic E-state index is 0.0247. The van der Waals surface area contributed by atoms with Gasteiger partial charge in [-0.25, -0.2) is 0 Å². The van der Waals surface area contributed by atoms with Crippen molar-refractivity contribution in [2.75, 3.05) is 45.9 Å². The summed E-state index contributed by atoms with van der Waals surface area (Å²) in [4.78, 5) is 0. The fourth-order valence-corrected chi connectivity index (χ4v) is 3.41. The van der Waals surface area contributed by atoms with Crippen LogP contribution in [0.2, 0.25) is 0 Å². The van der Waals surface area contributed by atoms with E-state index in [-0.39, 0.29) is 6.61 Å². The number of rotatable bonds is 12. The zero-order chi connectivity index (χ0) is 24.7. The molecule has 0 spiro atoms. The third-order valence-electron chi connectivity index (χ3n) is 4.69. The van der Waals surface area contributed by atoms with Gasteiger partial charge >= 0.3 is 0 Å². The fraction of sp³-hybridized carbons (Fsp3) is 0.308. The molecule has 0 saturated heterocycles. The molecule has 8 heteroatoms. The van der Waals surface area contributed by atoms with E-state index >= 15 is 0 Å². The Hall–Kier alpha value is -2.59. The lowest BCUT2D eigenvalue weighted by Gasteiger charge is -2.36. The first-order valence-corrected chi connectivity index (χ1v) is 12.7. The predicted octanol–water partition coefficient (Wildman–Crippen LogP) is 3.52. The summed E-state index contributed by atoms with van der Waals surface area (Å²) in [6.07, 6.45) is 0.715. The predicted molar refractivity (Wildman–Crippen MR) is 131 cm³/mol. The van der Waals surface area contributed by atoms with E-state index in [1.54, 1.807) is 0 Å². The van der Waals surface area contributed by atoms with Crippen LogP contribution < -0.4 is 0 Å². The van der Waals surface area contributed by atoms with E-state index in [0.29, 0.717) is 39.3 Å². The maximum absolute atomic E-state index is 9.19. The molecule has 3 rings (SSSR count). The van der Waals surface area contributed by atoms with Crippen LogP contribution in [0, 0.1) is 0 Å². The number of ether oxygens (including phenoxy) is 3. The Labute approximate surface area is 201 Å². The molecule has 0 amide bonds. The van der Waals surface area contributed by atoms with Gasteiger partial charge in [0.05, 0.1) is 45.9 Å². The molecule has 0 atom stereocenters. The zero-order valence-corrected chi connectivity index (χ0v) is 20.1. The van der Waals surface area contributed by atoms with Crippen molar-refractivity contribution >= 4 is 10.1 Å². The Morgan fingerprint density at radius 3 is 1.32 bits per heavy atom. The van der Waals surface area contributed by atoms with Gasteiger partial charge in [-0.05, 0) is 16.7 Å². The van der Waals surface area contributed by atoms with Crippen LogP contribution in [0.1, 0.15) is 16.7 Å². The molecule has 0 unspecified atom stereocenters. The molecule has 0 aromatic heterocycles. The van der Waals surface area contributed by atoms with Gasteiger partial charge in [-0.1, -0.05) is 91.0 Å². The lowest BCUT2D eigenvalue weighted by Crippen LogP contribution is -2.34. The minimum Gasteiger partial charge on any atom is -0.394 e. The Morgan fingerprint density at radius 2 is 0.971 bits per heavy atom. The third kappa shape index (κ3) is 9.34. The molecule has 34 heavy (non-hydrogen) atoms. The average Bonchev–Trinajstić information content (AvgIpc) is 2.84. The summed E-state index contributed by atoms with van der Waals surface area (Å²) in [5.41, 5.74) is 2.50. The molecule has 0 aliphatic carbocycles. The summed E-state index contributed by atoms with van der Waals surface area (Å²) in [6.45, 7) is 2.17. The standard InChI is InChI=1S/C25H28O4.CH4O3S/c26-16-17-27-18-19-28-20-21-29-25(22-10-4-1-5-11-22,23-12-6-2-7-13-23)24-14-8-3-9-15-24;1-5(2,3)4/h1-15,26H,16-21H2;1H3,(H,2,3,4). The minimum atomic E-state index is -3.67. The third-order valence-corrected chi connectivity index (χ3v) is 4.69. The van der Waals surface area contributed by atoms with Gasteiger partial charge < -0.3 is 19.3 Å². The fourth-order valence-electron chi connectivity index (χ4n) is 3.41. The van der Waals surface area contributed by atoms with Gasteiger partial charge in [0.2, 0.25) is 0 Å². The molecule has 0 saturated carbocycles. The summed E-state index contributed by atoms with van der Waals surface area (Å²) in [6, 6.07) is 30.9. The highest BCUT2D eigenvalue weighted by Gasteiger charge is 2.37. The van der Waals surface area contributed by atoms with Crippen LogP contribution >= 0.6 is 0 Å². The molecule has 184 valence electrons. The first kappa shape index (κ1) is 27.7. The van der Waals surface area contributed by atoms with E-state index in [4.69, 9.17) is 23.9 Å². The Bertz CT molecular complexity index is 922. The summed E-state index contributed by atoms with van der Waals surface area (Å²) in [5.74, 6) is 0. The number of hydrogen-bond donors (Lipinski definition) is 2. The Kier molecular flexibility index (Phi) is 11.9. The second-order valence-electron chi connectivity index (χ2n) is 7.31. The Morgan fingerprint density at radius 1 is 0.647 bits per heavy atom. The molecule has 0 heterocycles. The molecule has 0 radical (unpaired) electrons. The van der Waals surface area contributed by atoms with Gasteiger partial charge in [0.25, 0.3) is 10.1 Å². The van der Waals surface area contributed by atoms with E-state index in [1.807, 2.05) is 54.6 Å². The molecular formula is C26H32O7S. The van der Waals surface area contributed by atoms with Crippen molar-refractivity contribution in [2.24, 2.45) is 0 Å². The molecule has 7 nitrogen and oxygen atoms in total. The van der Waals surface area contributed by atoms with Crippen LogP contribution in [-0.2, 0) is 29.9 Å². The normalized spacial score (nSPS) is 11.5. The van der Waals surface area contributed by atoms with Gasteiger partial charge in [-0.3, -0.25) is 4.55 Å². The van der Waals surface area contributed by atoms with Crippen LogP contribution in [0.25, 0.3) is 0 Å². The van der Waals surface area contributed by atoms with Crippen molar-refractivity contribution < 1.29 is 32.3 Å².